The minimum absolute atomic E-state index is 0.0129. The second-order valence-electron chi connectivity index (χ2n) is 6.52. The normalized spacial score (nSPS) is 12.5. The van der Waals surface area contributed by atoms with Crippen molar-refractivity contribution >= 4 is 17.6 Å². The Kier molecular flexibility index (Phi) is 11.9. The molecule has 1 amide bonds. The number of hydrogen-bond acceptors (Lipinski definition) is 3. The highest BCUT2D eigenvalue weighted by Gasteiger charge is 2.10. The van der Waals surface area contributed by atoms with Crippen molar-refractivity contribution < 1.29 is 9.53 Å². The second-order valence-corrected chi connectivity index (χ2v) is 6.52. The van der Waals surface area contributed by atoms with E-state index in [2.05, 4.69) is 27.9 Å². The van der Waals surface area contributed by atoms with Gasteiger partial charge in [-0.2, -0.15) is 0 Å². The molecular weight excluding hydrogens is 340 g/mol. The highest BCUT2D eigenvalue weighted by Crippen LogP contribution is 2.13. The number of rotatable bonds is 12. The van der Waals surface area contributed by atoms with Crippen molar-refractivity contribution in [3.8, 4) is 0 Å². The SMILES string of the molecule is CCNC(=NCc1cccc(NC(=O)C(C)CC)c1)NCCCCOCC. The van der Waals surface area contributed by atoms with Gasteiger partial charge in [0, 0.05) is 37.9 Å². The zero-order chi connectivity index (χ0) is 19.9. The minimum atomic E-state index is 0.0129. The fourth-order valence-electron chi connectivity index (χ4n) is 2.39. The molecule has 0 saturated carbocycles. The zero-order valence-electron chi connectivity index (χ0n) is 17.3. The van der Waals surface area contributed by atoms with Gasteiger partial charge in [-0.05, 0) is 50.8 Å². The molecule has 1 aromatic rings. The summed E-state index contributed by atoms with van der Waals surface area (Å²) in [4.78, 5) is 16.7. The summed E-state index contributed by atoms with van der Waals surface area (Å²) in [6.45, 7) is 11.8. The van der Waals surface area contributed by atoms with Crippen LogP contribution in [0.15, 0.2) is 29.3 Å². The first-order valence-corrected chi connectivity index (χ1v) is 10.1. The lowest BCUT2D eigenvalue weighted by molar-refractivity contribution is -0.119. The maximum Gasteiger partial charge on any atom is 0.227 e. The lowest BCUT2D eigenvalue weighted by Gasteiger charge is -2.12. The molecule has 0 spiro atoms. The van der Waals surface area contributed by atoms with Gasteiger partial charge >= 0.3 is 0 Å². The molecule has 0 aliphatic heterocycles. The number of ether oxygens (including phenoxy) is 1. The molecule has 0 heterocycles. The summed E-state index contributed by atoms with van der Waals surface area (Å²) in [5, 5.41) is 9.59. The van der Waals surface area contributed by atoms with Crippen molar-refractivity contribution in [3.63, 3.8) is 0 Å². The molecule has 0 saturated heterocycles. The number of unbranched alkanes of at least 4 members (excludes halogenated alkanes) is 1. The largest absolute Gasteiger partial charge is 0.382 e. The average Bonchev–Trinajstić information content (AvgIpc) is 2.68. The van der Waals surface area contributed by atoms with E-state index in [1.54, 1.807) is 0 Å². The highest BCUT2D eigenvalue weighted by atomic mass is 16.5. The van der Waals surface area contributed by atoms with Crippen LogP contribution in [0.2, 0.25) is 0 Å². The number of nitrogens with one attached hydrogen (secondary N) is 3. The molecule has 27 heavy (non-hydrogen) atoms. The standard InChI is InChI=1S/C21H36N4O2/c1-5-17(4)20(26)25-19-12-10-11-18(15-19)16-24-21(22-6-2)23-13-8-9-14-27-7-3/h10-12,15,17H,5-9,13-14,16H2,1-4H3,(H,25,26)(H2,22,23,24). The van der Waals surface area contributed by atoms with Crippen molar-refractivity contribution in [1.29, 1.82) is 0 Å². The molecule has 0 bridgehead atoms. The van der Waals surface area contributed by atoms with Gasteiger partial charge in [0.25, 0.3) is 0 Å². The lowest BCUT2D eigenvalue weighted by atomic mass is 10.1. The molecule has 6 nitrogen and oxygen atoms in total. The van der Waals surface area contributed by atoms with Crippen LogP contribution in [0.25, 0.3) is 0 Å². The summed E-state index contributed by atoms with van der Waals surface area (Å²) in [5.74, 6) is 0.877. The van der Waals surface area contributed by atoms with Crippen LogP contribution in [0.5, 0.6) is 0 Å². The number of amides is 1. The van der Waals surface area contributed by atoms with E-state index < -0.39 is 0 Å². The molecular formula is C21H36N4O2. The number of nitrogens with zero attached hydrogens (tertiary/aromatic N) is 1. The zero-order valence-corrected chi connectivity index (χ0v) is 17.3. The van der Waals surface area contributed by atoms with Crippen LogP contribution in [0, 0.1) is 5.92 Å². The van der Waals surface area contributed by atoms with Crippen molar-refractivity contribution in [3.05, 3.63) is 29.8 Å². The topological polar surface area (TPSA) is 74.8 Å². The number of aliphatic imine (C=N–C) groups is 1. The summed E-state index contributed by atoms with van der Waals surface area (Å²) in [6, 6.07) is 7.87. The summed E-state index contributed by atoms with van der Waals surface area (Å²) >= 11 is 0. The lowest BCUT2D eigenvalue weighted by Crippen LogP contribution is -2.37. The molecule has 1 unspecified atom stereocenters. The van der Waals surface area contributed by atoms with Crippen LogP contribution in [-0.4, -0.2) is 38.2 Å². The molecule has 0 aromatic heterocycles. The fourth-order valence-corrected chi connectivity index (χ4v) is 2.39. The number of hydrogen-bond donors (Lipinski definition) is 3. The number of benzene rings is 1. The molecule has 3 N–H and O–H groups in total. The molecule has 6 heteroatoms. The monoisotopic (exact) mass is 376 g/mol. The van der Waals surface area contributed by atoms with Gasteiger partial charge < -0.3 is 20.7 Å². The van der Waals surface area contributed by atoms with E-state index in [0.29, 0.717) is 6.54 Å². The highest BCUT2D eigenvalue weighted by molar-refractivity contribution is 5.92. The van der Waals surface area contributed by atoms with E-state index in [4.69, 9.17) is 4.74 Å². The van der Waals surface area contributed by atoms with Crippen LogP contribution >= 0.6 is 0 Å². The minimum Gasteiger partial charge on any atom is -0.382 e. The molecule has 0 aliphatic carbocycles. The quantitative estimate of drug-likeness (QED) is 0.296. The summed E-state index contributed by atoms with van der Waals surface area (Å²) in [5.41, 5.74) is 1.88. The maximum atomic E-state index is 12.1. The van der Waals surface area contributed by atoms with Gasteiger partial charge in [-0.3, -0.25) is 4.79 Å². The van der Waals surface area contributed by atoms with Crippen molar-refractivity contribution in [2.24, 2.45) is 10.9 Å². The van der Waals surface area contributed by atoms with Gasteiger partial charge in [-0.1, -0.05) is 26.0 Å². The molecule has 1 aromatic carbocycles. The van der Waals surface area contributed by atoms with Gasteiger partial charge in [0.05, 0.1) is 6.54 Å². The molecule has 152 valence electrons. The van der Waals surface area contributed by atoms with Crippen molar-refractivity contribution in [2.75, 3.05) is 31.6 Å². The molecule has 0 aliphatic rings. The Morgan fingerprint density at radius 2 is 2.00 bits per heavy atom. The van der Waals surface area contributed by atoms with Gasteiger partial charge in [0.1, 0.15) is 0 Å². The van der Waals surface area contributed by atoms with E-state index in [-0.39, 0.29) is 11.8 Å². The predicted octanol–water partition coefficient (Wildman–Crippen LogP) is 3.54. The van der Waals surface area contributed by atoms with Crippen LogP contribution in [0.3, 0.4) is 0 Å². The third-order valence-electron chi connectivity index (χ3n) is 4.23. The smallest absolute Gasteiger partial charge is 0.227 e. The third kappa shape index (κ3) is 9.99. The van der Waals surface area contributed by atoms with Gasteiger partial charge in [-0.15, -0.1) is 0 Å². The first-order chi connectivity index (χ1) is 13.1. The van der Waals surface area contributed by atoms with Gasteiger partial charge in [-0.25, -0.2) is 4.99 Å². The Morgan fingerprint density at radius 3 is 2.70 bits per heavy atom. The number of anilines is 1. The average molecular weight is 377 g/mol. The van der Waals surface area contributed by atoms with Crippen LogP contribution < -0.4 is 16.0 Å². The summed E-state index contributed by atoms with van der Waals surface area (Å²) in [6.07, 6.45) is 2.91. The number of carbonyl (C=O) groups is 1. The van der Waals surface area contributed by atoms with E-state index >= 15 is 0 Å². The predicted molar refractivity (Wildman–Crippen MR) is 113 cm³/mol. The molecule has 1 atom stereocenters. The van der Waals surface area contributed by atoms with Crippen molar-refractivity contribution in [1.82, 2.24) is 10.6 Å². The molecule has 0 fully saturated rings. The van der Waals surface area contributed by atoms with Crippen LogP contribution in [0.1, 0.15) is 52.5 Å². The second kappa shape index (κ2) is 14.0. The third-order valence-corrected chi connectivity index (χ3v) is 4.23. The van der Waals surface area contributed by atoms with Crippen molar-refractivity contribution in [2.45, 2.75) is 53.5 Å². The van der Waals surface area contributed by atoms with Gasteiger partial charge in [0.2, 0.25) is 5.91 Å². The van der Waals surface area contributed by atoms with Crippen LogP contribution in [0.4, 0.5) is 5.69 Å². The Balaban J connectivity index is 2.55. The van der Waals surface area contributed by atoms with E-state index in [9.17, 15) is 4.79 Å². The Labute approximate surface area is 164 Å². The first kappa shape index (κ1) is 23.0. The number of carbonyl (C=O) groups excluding carboxylic acids is 1. The summed E-state index contributed by atoms with van der Waals surface area (Å²) in [7, 11) is 0. The first-order valence-electron chi connectivity index (χ1n) is 10.1. The van der Waals surface area contributed by atoms with Gasteiger partial charge in [0.15, 0.2) is 5.96 Å². The molecule has 1 rings (SSSR count). The maximum absolute atomic E-state index is 12.1. The van der Waals surface area contributed by atoms with E-state index in [1.165, 1.54) is 0 Å². The Morgan fingerprint density at radius 1 is 1.19 bits per heavy atom. The van der Waals surface area contributed by atoms with E-state index in [0.717, 1.165) is 62.8 Å². The Hall–Kier alpha value is -2.08. The number of guanidine groups is 1. The fraction of sp³-hybridized carbons (Fsp3) is 0.619. The summed E-state index contributed by atoms with van der Waals surface area (Å²) < 4.78 is 5.35. The van der Waals surface area contributed by atoms with E-state index in [1.807, 2.05) is 45.0 Å². The Bertz CT molecular complexity index is 575. The van der Waals surface area contributed by atoms with Crippen LogP contribution in [-0.2, 0) is 16.1 Å². The molecule has 0 radical (unpaired) electrons.